The van der Waals surface area contributed by atoms with Crippen LogP contribution in [0.1, 0.15) is 48.7 Å². The van der Waals surface area contributed by atoms with Gasteiger partial charge in [0, 0.05) is 39.0 Å². The second-order valence-electron chi connectivity index (χ2n) is 7.82. The van der Waals surface area contributed by atoms with E-state index in [1.54, 1.807) is 17.1 Å². The maximum Gasteiger partial charge on any atom is 0.257 e. The van der Waals surface area contributed by atoms with E-state index in [0.29, 0.717) is 44.2 Å². The first kappa shape index (κ1) is 19.6. The van der Waals surface area contributed by atoms with Gasteiger partial charge < -0.3 is 14.5 Å². The Hall–Kier alpha value is -2.74. The summed E-state index contributed by atoms with van der Waals surface area (Å²) in [6.07, 6.45) is 4.78. The van der Waals surface area contributed by atoms with Crippen molar-refractivity contribution in [3.63, 3.8) is 0 Å². The van der Waals surface area contributed by atoms with Crippen LogP contribution in [0.15, 0.2) is 30.6 Å². The summed E-state index contributed by atoms with van der Waals surface area (Å²) >= 11 is 0. The van der Waals surface area contributed by atoms with Crippen molar-refractivity contribution >= 4 is 11.8 Å². The summed E-state index contributed by atoms with van der Waals surface area (Å²) in [5.74, 6) is 0.823. The molecule has 4 rings (SSSR count). The molecule has 1 unspecified atom stereocenters. The maximum atomic E-state index is 13.2. The fraction of sp³-hybridized carbons (Fsp3) is 0.524. The van der Waals surface area contributed by atoms with Gasteiger partial charge in [-0.25, -0.2) is 9.67 Å². The van der Waals surface area contributed by atoms with Crippen LogP contribution >= 0.6 is 0 Å². The van der Waals surface area contributed by atoms with E-state index in [2.05, 4.69) is 10.1 Å². The zero-order valence-corrected chi connectivity index (χ0v) is 17.0. The lowest BCUT2D eigenvalue weighted by atomic mass is 10.0. The van der Waals surface area contributed by atoms with E-state index in [-0.39, 0.29) is 23.8 Å². The van der Waals surface area contributed by atoms with Gasteiger partial charge in [-0.2, -0.15) is 5.10 Å². The molecule has 2 aromatic heterocycles. The van der Waals surface area contributed by atoms with E-state index < -0.39 is 0 Å². The number of hydrogen-bond acceptors (Lipinski definition) is 5. The Morgan fingerprint density at radius 3 is 2.52 bits per heavy atom. The standard InChI is InChI=1S/C21H27N5O3/c1-15(2)19-16(14-23-26(19)18-7-3-4-8-22-18)20(27)24-9-11-25(12-10-24)21(28)17-6-5-13-29-17/h3-4,7-8,14-15,17H,5-6,9-13H2,1-2H3. The Morgan fingerprint density at radius 1 is 1.14 bits per heavy atom. The minimum atomic E-state index is -0.304. The Kier molecular flexibility index (Phi) is 5.62. The Labute approximate surface area is 170 Å². The molecule has 4 heterocycles. The molecule has 154 valence electrons. The van der Waals surface area contributed by atoms with Crippen LogP contribution in [-0.2, 0) is 9.53 Å². The van der Waals surface area contributed by atoms with Gasteiger partial charge >= 0.3 is 0 Å². The van der Waals surface area contributed by atoms with E-state index in [1.165, 1.54) is 0 Å². The van der Waals surface area contributed by atoms with Gasteiger partial charge in [-0.1, -0.05) is 19.9 Å². The molecule has 0 aromatic carbocycles. The number of ether oxygens (including phenoxy) is 1. The van der Waals surface area contributed by atoms with Crippen LogP contribution in [-0.4, -0.2) is 75.3 Å². The Bertz CT molecular complexity index is 866. The minimum Gasteiger partial charge on any atom is -0.368 e. The predicted molar refractivity (Wildman–Crippen MR) is 107 cm³/mol. The van der Waals surface area contributed by atoms with Crippen molar-refractivity contribution in [3.8, 4) is 5.82 Å². The highest BCUT2D eigenvalue weighted by Gasteiger charge is 2.32. The van der Waals surface area contributed by atoms with E-state index in [0.717, 1.165) is 18.5 Å². The zero-order chi connectivity index (χ0) is 20.4. The van der Waals surface area contributed by atoms with Crippen molar-refractivity contribution in [2.45, 2.75) is 38.7 Å². The number of nitrogens with zero attached hydrogens (tertiary/aromatic N) is 5. The number of hydrogen-bond donors (Lipinski definition) is 0. The molecule has 2 aromatic rings. The Balaban J connectivity index is 1.48. The van der Waals surface area contributed by atoms with Crippen LogP contribution in [0.4, 0.5) is 0 Å². The third kappa shape index (κ3) is 3.89. The maximum absolute atomic E-state index is 13.2. The summed E-state index contributed by atoms with van der Waals surface area (Å²) in [5, 5.41) is 4.44. The molecule has 2 fully saturated rings. The largest absolute Gasteiger partial charge is 0.368 e. The molecule has 0 bridgehead atoms. The molecule has 2 aliphatic heterocycles. The van der Waals surface area contributed by atoms with Gasteiger partial charge in [0.25, 0.3) is 11.8 Å². The van der Waals surface area contributed by atoms with Crippen molar-refractivity contribution in [2.24, 2.45) is 0 Å². The van der Waals surface area contributed by atoms with E-state index >= 15 is 0 Å². The molecule has 2 amide bonds. The SMILES string of the molecule is CC(C)c1c(C(=O)N2CCN(C(=O)C3CCCO3)CC2)cnn1-c1ccccn1. The third-order valence-corrected chi connectivity index (χ3v) is 5.53. The fourth-order valence-corrected chi connectivity index (χ4v) is 4.02. The Morgan fingerprint density at radius 2 is 1.90 bits per heavy atom. The van der Waals surface area contributed by atoms with Gasteiger partial charge in [-0.3, -0.25) is 9.59 Å². The van der Waals surface area contributed by atoms with Gasteiger partial charge in [-0.15, -0.1) is 0 Å². The number of carbonyl (C=O) groups is 2. The molecule has 2 aliphatic rings. The van der Waals surface area contributed by atoms with Crippen molar-refractivity contribution < 1.29 is 14.3 Å². The smallest absolute Gasteiger partial charge is 0.257 e. The van der Waals surface area contributed by atoms with Crippen LogP contribution in [0.3, 0.4) is 0 Å². The van der Waals surface area contributed by atoms with Gasteiger partial charge in [0.15, 0.2) is 5.82 Å². The third-order valence-electron chi connectivity index (χ3n) is 5.53. The first-order chi connectivity index (χ1) is 14.1. The molecule has 2 saturated heterocycles. The van der Waals surface area contributed by atoms with Gasteiger partial charge in [-0.05, 0) is 30.9 Å². The monoisotopic (exact) mass is 397 g/mol. The van der Waals surface area contributed by atoms with Crippen molar-refractivity contribution in [3.05, 3.63) is 41.9 Å². The van der Waals surface area contributed by atoms with Crippen molar-refractivity contribution in [1.82, 2.24) is 24.6 Å². The average molecular weight is 397 g/mol. The summed E-state index contributed by atoms with van der Waals surface area (Å²) in [7, 11) is 0. The highest BCUT2D eigenvalue weighted by molar-refractivity contribution is 5.95. The molecule has 0 aliphatic carbocycles. The van der Waals surface area contributed by atoms with Gasteiger partial charge in [0.1, 0.15) is 6.10 Å². The summed E-state index contributed by atoms with van der Waals surface area (Å²) in [6.45, 7) is 6.86. The lowest BCUT2D eigenvalue weighted by Gasteiger charge is -2.35. The number of pyridine rings is 1. The average Bonchev–Trinajstić information content (AvgIpc) is 3.43. The van der Waals surface area contributed by atoms with Crippen LogP contribution in [0.25, 0.3) is 5.82 Å². The number of aromatic nitrogens is 3. The van der Waals surface area contributed by atoms with Gasteiger partial charge in [0.05, 0.1) is 17.5 Å². The van der Waals surface area contributed by atoms with E-state index in [4.69, 9.17) is 4.74 Å². The summed E-state index contributed by atoms with van der Waals surface area (Å²) in [6, 6.07) is 5.63. The quantitative estimate of drug-likeness (QED) is 0.787. The molecule has 29 heavy (non-hydrogen) atoms. The first-order valence-electron chi connectivity index (χ1n) is 10.2. The molecule has 0 N–H and O–H groups in total. The number of rotatable bonds is 4. The summed E-state index contributed by atoms with van der Waals surface area (Å²) in [5.41, 5.74) is 1.45. The first-order valence-corrected chi connectivity index (χ1v) is 10.2. The lowest BCUT2D eigenvalue weighted by Crippen LogP contribution is -2.52. The second kappa shape index (κ2) is 8.32. The normalized spacial score (nSPS) is 19.8. The van der Waals surface area contributed by atoms with E-state index in [9.17, 15) is 9.59 Å². The molecule has 0 spiro atoms. The summed E-state index contributed by atoms with van der Waals surface area (Å²) in [4.78, 5) is 33.7. The van der Waals surface area contributed by atoms with Crippen LogP contribution < -0.4 is 0 Å². The molecule has 1 atom stereocenters. The molecule has 8 heteroatoms. The van der Waals surface area contributed by atoms with Crippen molar-refractivity contribution in [1.29, 1.82) is 0 Å². The van der Waals surface area contributed by atoms with Crippen LogP contribution in [0.2, 0.25) is 0 Å². The molecular weight excluding hydrogens is 370 g/mol. The number of piperazine rings is 1. The van der Waals surface area contributed by atoms with Crippen LogP contribution in [0, 0.1) is 0 Å². The topological polar surface area (TPSA) is 80.6 Å². The summed E-state index contributed by atoms with van der Waals surface area (Å²) < 4.78 is 7.25. The predicted octanol–water partition coefficient (Wildman–Crippen LogP) is 1.85. The molecule has 0 saturated carbocycles. The number of amides is 2. The molecular formula is C21H27N5O3. The van der Waals surface area contributed by atoms with E-state index in [1.807, 2.05) is 41.8 Å². The molecule has 8 nitrogen and oxygen atoms in total. The lowest BCUT2D eigenvalue weighted by molar-refractivity contribution is -0.142. The van der Waals surface area contributed by atoms with Crippen LogP contribution in [0.5, 0.6) is 0 Å². The minimum absolute atomic E-state index is 0.0416. The van der Waals surface area contributed by atoms with Crippen molar-refractivity contribution in [2.75, 3.05) is 32.8 Å². The van der Waals surface area contributed by atoms with Gasteiger partial charge in [0.2, 0.25) is 0 Å². The number of carbonyl (C=O) groups excluding carboxylic acids is 2. The molecule has 0 radical (unpaired) electrons. The zero-order valence-electron chi connectivity index (χ0n) is 17.0. The highest BCUT2D eigenvalue weighted by Crippen LogP contribution is 2.24. The fourth-order valence-electron chi connectivity index (χ4n) is 4.02. The highest BCUT2D eigenvalue weighted by atomic mass is 16.5. The second-order valence-corrected chi connectivity index (χ2v) is 7.82.